The Morgan fingerprint density at radius 2 is 2.50 bits per heavy atom. The van der Waals surface area contributed by atoms with Crippen molar-refractivity contribution in [1.29, 1.82) is 0 Å². The predicted octanol–water partition coefficient (Wildman–Crippen LogP) is 0.898. The molecule has 6 heavy (non-hydrogen) atoms. The van der Waals surface area contributed by atoms with Crippen LogP contribution >= 0.6 is 0 Å². The van der Waals surface area contributed by atoms with Crippen molar-refractivity contribution in [2.75, 3.05) is 5.75 Å². The number of hydrogen-bond acceptors (Lipinski definition) is 1. The van der Waals surface area contributed by atoms with Crippen LogP contribution in [-0.4, -0.2) is 9.96 Å². The van der Waals surface area contributed by atoms with Gasteiger partial charge in [0.1, 0.15) is 0 Å². The van der Waals surface area contributed by atoms with Crippen LogP contribution in [0.15, 0.2) is 12.0 Å². The van der Waals surface area contributed by atoms with Crippen molar-refractivity contribution < 1.29 is 4.21 Å². The molecule has 0 aromatic carbocycles. The van der Waals surface area contributed by atoms with Gasteiger partial charge in [0, 0.05) is 16.6 Å². The minimum Gasteiger partial charge on any atom is -0.255 e. The molecule has 36 valence electrons. The quantitative estimate of drug-likeness (QED) is 0.508. The van der Waals surface area contributed by atoms with Crippen LogP contribution in [-0.2, 0) is 10.8 Å². The Bertz CT molecular complexity index is 67.9. The van der Waals surface area contributed by atoms with Crippen LogP contribution < -0.4 is 0 Å². The zero-order valence-electron chi connectivity index (χ0n) is 3.81. The summed E-state index contributed by atoms with van der Waals surface area (Å²) in [5, 5.41) is 1.44. The van der Waals surface area contributed by atoms with E-state index in [1.165, 1.54) is 5.41 Å². The Balaban J connectivity index is 3.23. The highest BCUT2D eigenvalue weighted by atomic mass is 32.2. The van der Waals surface area contributed by atoms with E-state index in [-0.39, 0.29) is 0 Å². The third kappa shape index (κ3) is 2.15. The second kappa shape index (κ2) is 3.09. The van der Waals surface area contributed by atoms with Gasteiger partial charge in [-0.05, 0) is 5.41 Å². The van der Waals surface area contributed by atoms with Crippen molar-refractivity contribution in [3.63, 3.8) is 0 Å². The first-order valence-electron chi connectivity index (χ1n) is 1.81. The van der Waals surface area contributed by atoms with Crippen LogP contribution in [0.25, 0.3) is 0 Å². The molecule has 1 nitrogen and oxygen atoms in total. The van der Waals surface area contributed by atoms with E-state index >= 15 is 0 Å². The first-order valence-corrected chi connectivity index (χ1v) is 3.19. The zero-order chi connectivity index (χ0) is 4.99. The molecule has 0 spiro atoms. The normalized spacial score (nSPS) is 13.5. The molecule has 0 aromatic heterocycles. The third-order valence-electron chi connectivity index (χ3n) is 0.470. The van der Waals surface area contributed by atoms with Gasteiger partial charge in [0.2, 0.25) is 0 Å². The van der Waals surface area contributed by atoms with Crippen LogP contribution in [0.4, 0.5) is 0 Å². The zero-order valence-corrected chi connectivity index (χ0v) is 4.62. The minimum atomic E-state index is -0.770. The van der Waals surface area contributed by atoms with Crippen molar-refractivity contribution in [2.45, 2.75) is 6.92 Å². The first-order chi connectivity index (χ1) is 2.81. The molecule has 1 atom stereocenters. The highest BCUT2D eigenvalue weighted by molar-refractivity contribution is 7.87. The van der Waals surface area contributed by atoms with Crippen LogP contribution in [0.2, 0.25) is 0 Å². The van der Waals surface area contributed by atoms with Gasteiger partial charge in [0.15, 0.2) is 0 Å². The predicted molar refractivity (Wildman–Crippen MR) is 28.9 cm³/mol. The van der Waals surface area contributed by atoms with Gasteiger partial charge in [-0.3, -0.25) is 4.21 Å². The summed E-state index contributed by atoms with van der Waals surface area (Å²) < 4.78 is 10.2. The molecule has 0 fully saturated rings. The van der Waals surface area contributed by atoms with Crippen molar-refractivity contribution in [3.05, 3.63) is 12.0 Å². The van der Waals surface area contributed by atoms with E-state index in [4.69, 9.17) is 0 Å². The summed E-state index contributed by atoms with van der Waals surface area (Å²) in [6.07, 6.45) is 0. The molecule has 0 unspecified atom stereocenters. The fraction of sp³-hybridized carbons (Fsp3) is 0.500. The highest BCUT2D eigenvalue weighted by Gasteiger charge is 1.78. The third-order valence-corrected chi connectivity index (χ3v) is 1.41. The number of hydrogen-bond donors (Lipinski definition) is 0. The topological polar surface area (TPSA) is 17.1 Å². The van der Waals surface area contributed by atoms with Gasteiger partial charge in [-0.1, -0.05) is 13.5 Å². The van der Waals surface area contributed by atoms with E-state index < -0.39 is 10.8 Å². The van der Waals surface area contributed by atoms with Gasteiger partial charge in [0.25, 0.3) is 0 Å². The smallest absolute Gasteiger partial charge is 0.0447 e. The van der Waals surface area contributed by atoms with E-state index in [9.17, 15) is 4.21 Å². The molecule has 0 aliphatic rings. The Kier molecular flexibility index (Phi) is 3.04. The molecule has 0 heterocycles. The molecule has 0 amide bonds. The summed E-state index contributed by atoms with van der Waals surface area (Å²) >= 11 is 0. The molecule has 0 radical (unpaired) electrons. The van der Waals surface area contributed by atoms with Gasteiger partial charge in [-0.15, -0.1) is 0 Å². The van der Waals surface area contributed by atoms with Crippen molar-refractivity contribution in [2.24, 2.45) is 0 Å². The Morgan fingerprint density at radius 3 is 2.50 bits per heavy atom. The molecule has 0 aliphatic carbocycles. The van der Waals surface area contributed by atoms with E-state index in [2.05, 4.69) is 6.58 Å². The molecule has 0 saturated heterocycles. The summed E-state index contributed by atoms with van der Waals surface area (Å²) in [6.45, 7) is 5.19. The monoisotopic (exact) mass is 104 g/mol. The second-order valence-corrected chi connectivity index (χ2v) is 2.51. The average molecular weight is 104 g/mol. The van der Waals surface area contributed by atoms with Crippen LogP contribution in [0.5, 0.6) is 0 Å². The molecule has 0 bridgehead atoms. The molecule has 0 rings (SSSR count). The largest absolute Gasteiger partial charge is 0.255 e. The molecular weight excluding hydrogens is 96.1 g/mol. The molecule has 0 aromatic rings. The fourth-order valence-electron chi connectivity index (χ4n) is 0.118. The van der Waals surface area contributed by atoms with Crippen LogP contribution in [0.3, 0.4) is 0 Å². The Morgan fingerprint density at radius 1 is 2.00 bits per heavy atom. The Labute approximate surface area is 40.5 Å². The lowest BCUT2D eigenvalue weighted by Gasteiger charge is -1.78. The maximum absolute atomic E-state index is 10.2. The van der Waals surface area contributed by atoms with E-state index in [1.54, 1.807) is 0 Å². The summed E-state index contributed by atoms with van der Waals surface area (Å²) in [4.78, 5) is 0. The lowest BCUT2D eigenvalue weighted by molar-refractivity contribution is 0.689. The van der Waals surface area contributed by atoms with Crippen molar-refractivity contribution in [3.8, 4) is 0 Å². The van der Waals surface area contributed by atoms with Gasteiger partial charge >= 0.3 is 0 Å². The van der Waals surface area contributed by atoms with Crippen LogP contribution in [0.1, 0.15) is 6.92 Å². The fourth-order valence-corrected chi connectivity index (χ4v) is 0.354. The minimum absolute atomic E-state index is 0.684. The molecule has 0 saturated carbocycles. The summed E-state index contributed by atoms with van der Waals surface area (Å²) in [5.41, 5.74) is 0. The molecule has 0 aliphatic heterocycles. The Hall–Kier alpha value is -0.110. The van der Waals surface area contributed by atoms with Gasteiger partial charge in [0.05, 0.1) is 0 Å². The molecule has 0 N–H and O–H groups in total. The summed E-state index contributed by atoms with van der Waals surface area (Å²) in [5.74, 6) is 0.684. The van der Waals surface area contributed by atoms with E-state index in [0.29, 0.717) is 5.75 Å². The van der Waals surface area contributed by atoms with E-state index in [0.717, 1.165) is 0 Å². The highest BCUT2D eigenvalue weighted by Crippen LogP contribution is 1.76. The van der Waals surface area contributed by atoms with Gasteiger partial charge in [-0.25, -0.2) is 0 Å². The standard InChI is InChI=1S/C4H8OS/c1-3-6(5)4-2/h3H,1,4H2,2H3/t6-/m1/s1. The first kappa shape index (κ1) is 5.89. The number of rotatable bonds is 2. The lowest BCUT2D eigenvalue weighted by atomic mass is 11.0. The SMILES string of the molecule is C=C[S@@](=O)CC. The van der Waals surface area contributed by atoms with Crippen LogP contribution in [0, 0.1) is 0 Å². The van der Waals surface area contributed by atoms with Crippen molar-refractivity contribution in [1.82, 2.24) is 0 Å². The maximum Gasteiger partial charge on any atom is 0.0447 e. The van der Waals surface area contributed by atoms with E-state index in [1.807, 2.05) is 6.92 Å². The van der Waals surface area contributed by atoms with Crippen molar-refractivity contribution >= 4 is 10.8 Å². The van der Waals surface area contributed by atoms with Gasteiger partial charge < -0.3 is 0 Å². The second-order valence-electron chi connectivity index (χ2n) is 0.836. The average Bonchev–Trinajstić information content (AvgIpc) is 1.65. The summed E-state index contributed by atoms with van der Waals surface area (Å²) in [6, 6.07) is 0. The lowest BCUT2D eigenvalue weighted by Crippen LogP contribution is -1.82. The maximum atomic E-state index is 10.2. The molecular formula is C4H8OS. The molecule has 2 heteroatoms. The van der Waals surface area contributed by atoms with Gasteiger partial charge in [-0.2, -0.15) is 0 Å². The summed E-state index contributed by atoms with van der Waals surface area (Å²) in [7, 11) is -0.770.